The molecule has 0 amide bonds. The van der Waals surface area contributed by atoms with E-state index in [4.69, 9.17) is 5.73 Å². The van der Waals surface area contributed by atoms with Crippen molar-refractivity contribution in [3.05, 3.63) is 11.9 Å². The largest absolute Gasteiger partial charge is 0.330 e. The second-order valence-electron chi connectivity index (χ2n) is 4.11. The van der Waals surface area contributed by atoms with Crippen LogP contribution in [-0.4, -0.2) is 42.6 Å². The number of nitrogens with zero attached hydrogens (tertiary/aromatic N) is 2. The molecule has 16 heavy (non-hydrogen) atoms. The Labute approximate surface area is 94.9 Å². The van der Waals surface area contributed by atoms with Gasteiger partial charge in [0.25, 0.3) is 0 Å². The summed E-state index contributed by atoms with van der Waals surface area (Å²) >= 11 is 0. The zero-order chi connectivity index (χ0) is 11.8. The molecule has 1 aliphatic heterocycles. The second-order valence-corrected chi connectivity index (χ2v) is 6.02. The van der Waals surface area contributed by atoms with Crippen LogP contribution in [0.3, 0.4) is 0 Å². The normalized spacial score (nSPS) is 22.8. The first-order chi connectivity index (χ1) is 7.55. The van der Waals surface area contributed by atoms with Gasteiger partial charge in [0, 0.05) is 13.1 Å². The minimum atomic E-state index is -3.39. The van der Waals surface area contributed by atoms with Gasteiger partial charge in [-0.2, -0.15) is 9.40 Å². The molecule has 1 aromatic rings. The van der Waals surface area contributed by atoms with Crippen molar-refractivity contribution < 1.29 is 8.42 Å². The average Bonchev–Trinajstić information content (AvgIpc) is 2.85. The Morgan fingerprint density at radius 2 is 2.44 bits per heavy atom. The molecule has 2 rings (SSSR count). The van der Waals surface area contributed by atoms with E-state index in [9.17, 15) is 8.42 Å². The molecule has 6 nitrogen and oxygen atoms in total. The lowest BCUT2D eigenvalue weighted by Gasteiger charge is -2.15. The second kappa shape index (κ2) is 4.15. The number of aromatic nitrogens is 2. The number of nitrogens with one attached hydrogen (secondary N) is 1. The number of rotatable bonds is 3. The van der Waals surface area contributed by atoms with Gasteiger partial charge >= 0.3 is 0 Å². The molecule has 7 heteroatoms. The van der Waals surface area contributed by atoms with Gasteiger partial charge in [-0.05, 0) is 25.8 Å². The number of hydrogen-bond acceptors (Lipinski definition) is 4. The fourth-order valence-corrected chi connectivity index (χ4v) is 3.60. The van der Waals surface area contributed by atoms with E-state index in [-0.39, 0.29) is 10.8 Å². The minimum absolute atomic E-state index is 0.269. The Hall–Kier alpha value is -0.920. The third kappa shape index (κ3) is 1.85. The van der Waals surface area contributed by atoms with Crippen LogP contribution in [-0.2, 0) is 10.0 Å². The van der Waals surface area contributed by atoms with Gasteiger partial charge in [0.05, 0.1) is 11.9 Å². The molecule has 1 atom stereocenters. The molecule has 1 unspecified atom stereocenters. The highest BCUT2D eigenvalue weighted by atomic mass is 32.2. The highest BCUT2D eigenvalue weighted by molar-refractivity contribution is 7.89. The summed E-state index contributed by atoms with van der Waals surface area (Å²) in [6.45, 7) is 3.31. The van der Waals surface area contributed by atoms with Crippen LogP contribution < -0.4 is 5.73 Å². The molecule has 1 aromatic heterocycles. The van der Waals surface area contributed by atoms with Crippen LogP contribution in [0, 0.1) is 12.8 Å². The van der Waals surface area contributed by atoms with Crippen molar-refractivity contribution in [2.75, 3.05) is 19.6 Å². The maximum Gasteiger partial charge on any atom is 0.246 e. The van der Waals surface area contributed by atoms with Crippen molar-refractivity contribution in [2.24, 2.45) is 11.7 Å². The summed E-state index contributed by atoms with van der Waals surface area (Å²) < 4.78 is 25.9. The lowest BCUT2D eigenvalue weighted by molar-refractivity contribution is 0.458. The Kier molecular flexibility index (Phi) is 3.00. The number of aryl methyl sites for hydroxylation is 1. The van der Waals surface area contributed by atoms with Gasteiger partial charge in [0.2, 0.25) is 10.0 Å². The van der Waals surface area contributed by atoms with Crippen molar-refractivity contribution in [2.45, 2.75) is 18.2 Å². The first kappa shape index (κ1) is 11.6. The monoisotopic (exact) mass is 244 g/mol. The van der Waals surface area contributed by atoms with E-state index in [2.05, 4.69) is 10.2 Å². The fraction of sp³-hybridized carbons (Fsp3) is 0.667. The Morgan fingerprint density at radius 3 is 2.94 bits per heavy atom. The van der Waals surface area contributed by atoms with E-state index in [0.29, 0.717) is 25.3 Å². The Morgan fingerprint density at radius 1 is 1.69 bits per heavy atom. The molecule has 1 aliphatic rings. The van der Waals surface area contributed by atoms with Gasteiger partial charge < -0.3 is 5.73 Å². The predicted octanol–water partition coefficient (Wildman–Crippen LogP) is -0.313. The number of H-pyrrole nitrogens is 1. The van der Waals surface area contributed by atoms with Crippen LogP contribution in [0.5, 0.6) is 0 Å². The summed E-state index contributed by atoms with van der Waals surface area (Å²) in [6, 6.07) is 0. The van der Waals surface area contributed by atoms with E-state index in [1.54, 1.807) is 6.92 Å². The molecule has 0 bridgehead atoms. The molecule has 0 saturated carbocycles. The topological polar surface area (TPSA) is 92.1 Å². The summed E-state index contributed by atoms with van der Waals surface area (Å²) in [5, 5.41) is 6.39. The zero-order valence-electron chi connectivity index (χ0n) is 9.18. The van der Waals surface area contributed by atoms with E-state index < -0.39 is 10.0 Å². The van der Waals surface area contributed by atoms with Crippen LogP contribution in [0.15, 0.2) is 11.1 Å². The fourth-order valence-electron chi connectivity index (χ4n) is 1.95. The molecule has 1 saturated heterocycles. The Bertz CT molecular complexity index is 468. The van der Waals surface area contributed by atoms with Gasteiger partial charge in [-0.25, -0.2) is 8.42 Å². The predicted molar refractivity (Wildman–Crippen MR) is 59.2 cm³/mol. The molecule has 0 aromatic carbocycles. The van der Waals surface area contributed by atoms with Gasteiger partial charge in [0.15, 0.2) is 0 Å². The maximum atomic E-state index is 12.2. The molecule has 90 valence electrons. The first-order valence-corrected chi connectivity index (χ1v) is 6.70. The van der Waals surface area contributed by atoms with E-state index in [0.717, 1.165) is 6.42 Å². The number of hydrogen-bond donors (Lipinski definition) is 2. The summed E-state index contributed by atoms with van der Waals surface area (Å²) in [5.74, 6) is 0.280. The molecule has 1 fully saturated rings. The maximum absolute atomic E-state index is 12.2. The summed E-state index contributed by atoms with van der Waals surface area (Å²) in [4.78, 5) is 0.269. The van der Waals surface area contributed by atoms with Gasteiger partial charge in [-0.15, -0.1) is 0 Å². The molecule has 2 heterocycles. The summed E-state index contributed by atoms with van der Waals surface area (Å²) in [5.41, 5.74) is 6.13. The van der Waals surface area contributed by atoms with Crippen LogP contribution in [0.25, 0.3) is 0 Å². The third-order valence-corrected chi connectivity index (χ3v) is 4.96. The van der Waals surface area contributed by atoms with Crippen molar-refractivity contribution in [1.29, 1.82) is 0 Å². The number of aromatic amines is 1. The van der Waals surface area contributed by atoms with Crippen molar-refractivity contribution >= 4 is 10.0 Å². The van der Waals surface area contributed by atoms with Crippen molar-refractivity contribution in [3.8, 4) is 0 Å². The van der Waals surface area contributed by atoms with Crippen LogP contribution in [0.1, 0.15) is 12.1 Å². The molecule has 0 radical (unpaired) electrons. The molecular weight excluding hydrogens is 228 g/mol. The highest BCUT2D eigenvalue weighted by Crippen LogP contribution is 2.24. The molecule has 0 spiro atoms. The number of sulfonamides is 1. The summed E-state index contributed by atoms with van der Waals surface area (Å²) in [6.07, 6.45) is 2.20. The molecule has 0 aliphatic carbocycles. The van der Waals surface area contributed by atoms with Crippen LogP contribution >= 0.6 is 0 Å². The van der Waals surface area contributed by atoms with Gasteiger partial charge in [-0.3, -0.25) is 5.10 Å². The quantitative estimate of drug-likeness (QED) is 0.762. The number of nitrogens with two attached hydrogens (primary N) is 1. The van der Waals surface area contributed by atoms with Crippen LogP contribution in [0.2, 0.25) is 0 Å². The van der Waals surface area contributed by atoms with Crippen LogP contribution in [0.4, 0.5) is 0 Å². The lowest BCUT2D eigenvalue weighted by atomic mass is 10.1. The van der Waals surface area contributed by atoms with E-state index >= 15 is 0 Å². The van der Waals surface area contributed by atoms with Crippen molar-refractivity contribution in [1.82, 2.24) is 14.5 Å². The van der Waals surface area contributed by atoms with Crippen molar-refractivity contribution in [3.63, 3.8) is 0 Å². The lowest BCUT2D eigenvalue weighted by Crippen LogP contribution is -2.30. The Balaban J connectivity index is 2.25. The third-order valence-electron chi connectivity index (χ3n) is 2.98. The minimum Gasteiger partial charge on any atom is -0.330 e. The van der Waals surface area contributed by atoms with Gasteiger partial charge in [0.1, 0.15) is 4.90 Å². The van der Waals surface area contributed by atoms with Gasteiger partial charge in [-0.1, -0.05) is 0 Å². The average molecular weight is 244 g/mol. The SMILES string of the molecule is Cc1[nH]ncc1S(=O)(=O)N1CCC(CN)C1. The van der Waals surface area contributed by atoms with E-state index in [1.807, 2.05) is 0 Å². The highest BCUT2D eigenvalue weighted by Gasteiger charge is 2.33. The first-order valence-electron chi connectivity index (χ1n) is 5.26. The standard InChI is InChI=1S/C9H16N4O2S/c1-7-9(5-11-12-7)16(14,15)13-3-2-8(4-10)6-13/h5,8H,2-4,6,10H2,1H3,(H,11,12). The smallest absolute Gasteiger partial charge is 0.246 e. The summed E-state index contributed by atoms with van der Waals surface area (Å²) in [7, 11) is -3.39. The zero-order valence-corrected chi connectivity index (χ0v) is 10.00. The van der Waals surface area contributed by atoms with E-state index in [1.165, 1.54) is 10.5 Å². The molecule has 3 N–H and O–H groups in total. The molecular formula is C9H16N4O2S.